The molecule has 3 aromatic rings. The van der Waals surface area contributed by atoms with Gasteiger partial charge in [-0.05, 0) is 30.7 Å². The molecule has 6 nitrogen and oxygen atoms in total. The Labute approximate surface area is 238 Å². The number of thiazole rings is 1. The number of aromatic nitrogens is 1. The van der Waals surface area contributed by atoms with E-state index < -0.39 is 14.5 Å². The molecule has 0 aliphatic carbocycles. The number of benzene rings is 2. The first-order valence-electron chi connectivity index (χ1n) is 14.4. The third-order valence-corrected chi connectivity index (χ3v) is 8.10. The summed E-state index contributed by atoms with van der Waals surface area (Å²) in [4.78, 5) is 0. The van der Waals surface area contributed by atoms with Crippen molar-refractivity contribution < 1.29 is 28.0 Å². The van der Waals surface area contributed by atoms with Gasteiger partial charge >= 0.3 is 8.25 Å². The van der Waals surface area contributed by atoms with Crippen LogP contribution in [0.25, 0.3) is 0 Å². The van der Waals surface area contributed by atoms with Crippen LogP contribution in [0, 0.1) is 0 Å². The number of hydrogen-bond acceptors (Lipinski definition) is 6. The fraction of sp³-hybridized carbons (Fsp3) is 0.516. The van der Waals surface area contributed by atoms with Gasteiger partial charge < -0.3 is 14.4 Å². The van der Waals surface area contributed by atoms with Crippen molar-refractivity contribution in [2.45, 2.75) is 96.8 Å². The lowest BCUT2D eigenvalue weighted by molar-refractivity contribution is -0.683. The van der Waals surface area contributed by atoms with Gasteiger partial charge in [-0.2, -0.15) is 4.57 Å². The molecule has 0 fully saturated rings. The first kappa shape index (κ1) is 31.3. The minimum Gasteiger partial charge on any atom is -0.494 e. The number of unbranched alkanes of at least 4 members (excludes halogenated alkanes) is 11. The molecule has 2 atom stereocenters. The highest BCUT2D eigenvalue weighted by Crippen LogP contribution is 2.34. The lowest BCUT2D eigenvalue weighted by atomic mass is 10.1. The molecule has 0 aliphatic heterocycles. The van der Waals surface area contributed by atoms with Gasteiger partial charge in [0.15, 0.2) is 19.0 Å². The number of rotatable bonds is 21. The Kier molecular flexibility index (Phi) is 15.3. The van der Waals surface area contributed by atoms with Gasteiger partial charge in [-0.1, -0.05) is 113 Å². The average Bonchev–Trinajstić information content (AvgIpc) is 3.44. The molecule has 1 N–H and O–H groups in total. The van der Waals surface area contributed by atoms with Crippen LogP contribution in [0.3, 0.4) is 0 Å². The summed E-state index contributed by atoms with van der Waals surface area (Å²) >= 11 is 1.62. The Morgan fingerprint density at radius 2 is 1.54 bits per heavy atom. The quantitative estimate of drug-likeness (QED) is 0.0597. The van der Waals surface area contributed by atoms with E-state index in [0.717, 1.165) is 18.4 Å². The summed E-state index contributed by atoms with van der Waals surface area (Å²) in [6, 6.07) is 14.5. The average molecular weight is 575 g/mol. The van der Waals surface area contributed by atoms with E-state index in [1.54, 1.807) is 35.6 Å². The Morgan fingerprint density at radius 1 is 0.872 bits per heavy atom. The highest BCUT2D eigenvalue weighted by Gasteiger charge is 2.15. The Bertz CT molecular complexity index is 1080. The largest absolute Gasteiger partial charge is 0.494 e. The lowest BCUT2D eigenvalue weighted by Crippen LogP contribution is -2.30. The molecule has 0 bridgehead atoms. The smallest absolute Gasteiger partial charge is 0.370 e. The van der Waals surface area contributed by atoms with Gasteiger partial charge in [-0.25, -0.2) is 4.57 Å². The molecular formula is C31H45NO5PS+. The number of hydrogen-bond donors (Lipinski definition) is 1. The first-order chi connectivity index (χ1) is 19.1. The normalized spacial score (nSPS) is 12.8. The highest BCUT2D eigenvalue weighted by atomic mass is 32.1. The Hall–Kier alpha value is -2.18. The molecule has 0 spiro atoms. The predicted molar refractivity (Wildman–Crippen MR) is 159 cm³/mol. The van der Waals surface area contributed by atoms with E-state index in [-0.39, 0.29) is 0 Å². The molecule has 214 valence electrons. The highest BCUT2D eigenvalue weighted by molar-refractivity contribution is 7.33. The van der Waals surface area contributed by atoms with Crippen molar-refractivity contribution in [3.8, 4) is 11.5 Å². The van der Waals surface area contributed by atoms with E-state index >= 15 is 0 Å². The molecule has 0 aliphatic rings. The number of aliphatic hydroxyl groups is 1. The molecule has 39 heavy (non-hydrogen) atoms. The summed E-state index contributed by atoms with van der Waals surface area (Å²) in [5.74, 6) is 1.11. The summed E-state index contributed by atoms with van der Waals surface area (Å²) in [6.45, 7) is 3.59. The minimum absolute atomic E-state index is 0.443. The van der Waals surface area contributed by atoms with Crippen LogP contribution in [0.4, 0.5) is 0 Å². The fourth-order valence-corrected chi connectivity index (χ4v) is 5.72. The van der Waals surface area contributed by atoms with Gasteiger partial charge in [0.05, 0.1) is 12.0 Å². The van der Waals surface area contributed by atoms with Gasteiger partial charge in [0.25, 0.3) is 0 Å². The maximum atomic E-state index is 12.5. The predicted octanol–water partition coefficient (Wildman–Crippen LogP) is 8.64. The van der Waals surface area contributed by atoms with Gasteiger partial charge in [0.2, 0.25) is 5.51 Å². The molecule has 8 heteroatoms. The van der Waals surface area contributed by atoms with Crippen molar-refractivity contribution in [2.75, 3.05) is 6.61 Å². The first-order valence-corrected chi connectivity index (χ1v) is 16.6. The molecular weight excluding hydrogens is 529 g/mol. The molecule has 0 amide bonds. The molecule has 0 saturated heterocycles. The van der Waals surface area contributed by atoms with Crippen LogP contribution in [-0.2, 0) is 15.6 Å². The van der Waals surface area contributed by atoms with Crippen molar-refractivity contribution in [3.63, 3.8) is 0 Å². The standard InChI is InChI=1S/C31H45NO5PS/c1-2-3-4-5-6-7-8-9-10-11-12-13-21-35-29-18-15-17-28(24-29)31(33)37-38(34)36-30-19-14-16-27(23-30)25-32-20-22-39-26-32/h14-20,22-24,26,31,33,38H,2-13,21,25H2,1H3/q+1. The van der Waals surface area contributed by atoms with Crippen molar-refractivity contribution in [1.29, 1.82) is 0 Å². The lowest BCUT2D eigenvalue weighted by Gasteiger charge is -2.14. The van der Waals surface area contributed by atoms with Crippen LogP contribution in [0.1, 0.15) is 101 Å². The summed E-state index contributed by atoms with van der Waals surface area (Å²) in [6.07, 6.45) is 16.3. The van der Waals surface area contributed by atoms with E-state index in [9.17, 15) is 9.67 Å². The number of aliphatic hydroxyl groups excluding tert-OH is 1. The fourth-order valence-electron chi connectivity index (χ4n) is 4.44. The molecule has 3 rings (SSSR count). The number of ether oxygens (including phenoxy) is 1. The van der Waals surface area contributed by atoms with Crippen LogP contribution >= 0.6 is 19.6 Å². The van der Waals surface area contributed by atoms with Crippen molar-refractivity contribution in [3.05, 3.63) is 76.7 Å². The van der Waals surface area contributed by atoms with Gasteiger partial charge in [-0.3, -0.25) is 4.52 Å². The third kappa shape index (κ3) is 13.1. The van der Waals surface area contributed by atoms with Crippen LogP contribution in [0.5, 0.6) is 11.5 Å². The monoisotopic (exact) mass is 574 g/mol. The van der Waals surface area contributed by atoms with Gasteiger partial charge in [-0.15, -0.1) is 0 Å². The molecule has 1 heterocycles. The van der Waals surface area contributed by atoms with E-state index in [4.69, 9.17) is 13.8 Å². The summed E-state index contributed by atoms with van der Waals surface area (Å²) in [5.41, 5.74) is 3.52. The molecule has 0 saturated carbocycles. The minimum atomic E-state index is -2.96. The van der Waals surface area contributed by atoms with Crippen molar-refractivity contribution in [1.82, 2.24) is 0 Å². The van der Waals surface area contributed by atoms with Crippen molar-refractivity contribution >= 4 is 19.6 Å². The summed E-state index contributed by atoms with van der Waals surface area (Å²) in [5, 5.41) is 12.5. The Balaban J connectivity index is 1.30. The molecule has 2 aromatic carbocycles. The maximum absolute atomic E-state index is 12.5. The van der Waals surface area contributed by atoms with E-state index in [1.807, 2.05) is 41.4 Å². The Morgan fingerprint density at radius 3 is 2.23 bits per heavy atom. The third-order valence-electron chi connectivity index (χ3n) is 6.61. The maximum Gasteiger partial charge on any atom is 0.370 e. The second kappa shape index (κ2) is 19.0. The topological polar surface area (TPSA) is 68.9 Å². The van der Waals surface area contributed by atoms with E-state index in [0.29, 0.717) is 30.2 Å². The summed E-state index contributed by atoms with van der Waals surface area (Å²) in [7, 11) is -2.96. The van der Waals surface area contributed by atoms with Gasteiger partial charge in [0, 0.05) is 11.1 Å². The molecule has 0 radical (unpaired) electrons. The zero-order valence-electron chi connectivity index (χ0n) is 23.3. The molecule has 2 unspecified atom stereocenters. The van der Waals surface area contributed by atoms with Gasteiger partial charge in [0.1, 0.15) is 11.5 Å². The summed E-state index contributed by atoms with van der Waals surface area (Å²) < 4.78 is 31.2. The van der Waals surface area contributed by atoms with E-state index in [1.165, 1.54) is 64.2 Å². The second-order valence-electron chi connectivity index (χ2n) is 9.98. The van der Waals surface area contributed by atoms with Crippen molar-refractivity contribution in [2.24, 2.45) is 0 Å². The van der Waals surface area contributed by atoms with E-state index in [2.05, 4.69) is 11.5 Å². The molecule has 1 aromatic heterocycles. The van der Waals surface area contributed by atoms with Crippen LogP contribution in [0.2, 0.25) is 0 Å². The SMILES string of the molecule is CCCCCCCCCCCCCCOc1cccc(C(O)O[PH](=O)Oc2cccc(C[n+]3ccsc3)c2)c1. The van der Waals surface area contributed by atoms with Crippen LogP contribution in [-0.4, -0.2) is 11.7 Å². The van der Waals surface area contributed by atoms with Crippen LogP contribution in [0.15, 0.2) is 65.6 Å². The zero-order valence-corrected chi connectivity index (χ0v) is 25.1. The number of nitrogens with zero attached hydrogens (tertiary/aromatic N) is 1. The zero-order chi connectivity index (χ0) is 27.5. The van der Waals surface area contributed by atoms with Crippen LogP contribution < -0.4 is 13.8 Å². The second-order valence-corrected chi connectivity index (χ2v) is 11.7.